The quantitative estimate of drug-likeness (QED) is 0.636. The number of imidazole rings is 1. The predicted molar refractivity (Wildman–Crippen MR) is 123 cm³/mol. The Balaban J connectivity index is 1.35. The molecular formula is C24H29N5O3. The standard InChI is InChI=1S/C24H29N5O3/c1-16-13-20-23(26-21(25-20)15-28-8-2-3-18(14-28)24(30)31)27-22(16)17-4-6-19(7-5-17)29-9-11-32-12-10-29/h4-7,13,18H,2-3,8-12,14-15H2,1H3,(H,30,31)(H,25,26,27). The van der Waals surface area contributed by atoms with Crippen LogP contribution in [0.1, 0.15) is 24.2 Å². The van der Waals surface area contributed by atoms with Crippen LogP contribution in [0.25, 0.3) is 22.4 Å². The molecule has 0 saturated carbocycles. The summed E-state index contributed by atoms with van der Waals surface area (Å²) in [5.41, 5.74) is 5.94. The number of hydrogen-bond donors (Lipinski definition) is 2. The first-order valence-corrected chi connectivity index (χ1v) is 11.3. The van der Waals surface area contributed by atoms with Gasteiger partial charge in [0.2, 0.25) is 0 Å². The highest BCUT2D eigenvalue weighted by atomic mass is 16.5. The van der Waals surface area contributed by atoms with Crippen molar-refractivity contribution in [1.82, 2.24) is 19.9 Å². The summed E-state index contributed by atoms with van der Waals surface area (Å²) in [6, 6.07) is 10.6. The van der Waals surface area contributed by atoms with Crippen LogP contribution in [0.15, 0.2) is 30.3 Å². The average molecular weight is 436 g/mol. The molecule has 32 heavy (non-hydrogen) atoms. The number of benzene rings is 1. The highest BCUT2D eigenvalue weighted by Crippen LogP contribution is 2.27. The highest BCUT2D eigenvalue weighted by molar-refractivity contribution is 5.78. The van der Waals surface area contributed by atoms with Crippen molar-refractivity contribution in [2.45, 2.75) is 26.3 Å². The van der Waals surface area contributed by atoms with E-state index >= 15 is 0 Å². The first-order valence-electron chi connectivity index (χ1n) is 11.3. The van der Waals surface area contributed by atoms with E-state index in [1.165, 1.54) is 5.69 Å². The molecule has 0 bridgehead atoms. The van der Waals surface area contributed by atoms with Gasteiger partial charge in [0, 0.05) is 30.9 Å². The fourth-order valence-electron chi connectivity index (χ4n) is 4.72. The molecule has 0 aliphatic carbocycles. The van der Waals surface area contributed by atoms with Gasteiger partial charge < -0.3 is 19.7 Å². The second-order valence-corrected chi connectivity index (χ2v) is 8.76. The highest BCUT2D eigenvalue weighted by Gasteiger charge is 2.26. The third-order valence-electron chi connectivity index (χ3n) is 6.46. The van der Waals surface area contributed by atoms with Crippen LogP contribution in [-0.2, 0) is 16.1 Å². The molecule has 0 spiro atoms. The van der Waals surface area contributed by atoms with Crippen LogP contribution in [-0.4, -0.2) is 70.3 Å². The lowest BCUT2D eigenvalue weighted by molar-refractivity contribution is -0.143. The van der Waals surface area contributed by atoms with Crippen molar-refractivity contribution in [1.29, 1.82) is 0 Å². The number of hydrogen-bond acceptors (Lipinski definition) is 6. The first kappa shape index (κ1) is 20.9. The predicted octanol–water partition coefficient (Wildman–Crippen LogP) is 3.07. The molecule has 1 unspecified atom stereocenters. The number of likely N-dealkylation sites (tertiary alicyclic amines) is 1. The van der Waals surface area contributed by atoms with Crippen LogP contribution < -0.4 is 4.90 Å². The van der Waals surface area contributed by atoms with Gasteiger partial charge in [-0.05, 0) is 50.1 Å². The number of carboxylic acid groups (broad SMARTS) is 1. The fraction of sp³-hybridized carbons (Fsp3) is 0.458. The van der Waals surface area contributed by atoms with Gasteiger partial charge in [-0.25, -0.2) is 9.97 Å². The molecule has 8 nitrogen and oxygen atoms in total. The van der Waals surface area contributed by atoms with Gasteiger partial charge in [0.15, 0.2) is 5.65 Å². The Labute approximate surface area is 187 Å². The number of piperidine rings is 1. The molecule has 2 aromatic heterocycles. The molecule has 2 N–H and O–H groups in total. The Kier molecular flexibility index (Phi) is 5.80. The normalized spacial score (nSPS) is 20.0. The number of ether oxygens (including phenoxy) is 1. The number of carboxylic acids is 1. The molecule has 2 saturated heterocycles. The van der Waals surface area contributed by atoms with Crippen molar-refractivity contribution < 1.29 is 14.6 Å². The lowest BCUT2D eigenvalue weighted by atomic mass is 9.98. The number of aromatic nitrogens is 3. The zero-order valence-electron chi connectivity index (χ0n) is 18.4. The van der Waals surface area contributed by atoms with E-state index in [0.29, 0.717) is 13.1 Å². The van der Waals surface area contributed by atoms with Crippen molar-refractivity contribution in [3.05, 3.63) is 41.7 Å². The molecule has 8 heteroatoms. The Hall–Kier alpha value is -2.97. The summed E-state index contributed by atoms with van der Waals surface area (Å²) in [6.07, 6.45) is 1.65. The van der Waals surface area contributed by atoms with Gasteiger partial charge in [-0.3, -0.25) is 9.69 Å². The molecule has 3 aromatic rings. The molecule has 5 rings (SSSR count). The Morgan fingerprint density at radius 1 is 1.19 bits per heavy atom. The monoisotopic (exact) mass is 435 g/mol. The zero-order valence-corrected chi connectivity index (χ0v) is 18.4. The van der Waals surface area contributed by atoms with Crippen LogP contribution in [0.5, 0.6) is 0 Å². The van der Waals surface area contributed by atoms with Crippen molar-refractivity contribution >= 4 is 22.8 Å². The summed E-state index contributed by atoms with van der Waals surface area (Å²) >= 11 is 0. The SMILES string of the molecule is Cc1cc2nc(CN3CCCC(C(=O)O)C3)[nH]c2nc1-c1ccc(N2CCOCC2)cc1. The van der Waals surface area contributed by atoms with E-state index < -0.39 is 5.97 Å². The number of H-pyrrole nitrogens is 1. The number of rotatable bonds is 5. The topological polar surface area (TPSA) is 94.6 Å². The number of aromatic amines is 1. The summed E-state index contributed by atoms with van der Waals surface area (Å²) in [6.45, 7) is 7.53. The lowest BCUT2D eigenvalue weighted by Crippen LogP contribution is -2.38. The maximum Gasteiger partial charge on any atom is 0.307 e. The summed E-state index contributed by atoms with van der Waals surface area (Å²) < 4.78 is 5.45. The molecule has 4 heterocycles. The molecule has 0 radical (unpaired) electrons. The van der Waals surface area contributed by atoms with E-state index in [1.807, 2.05) is 0 Å². The summed E-state index contributed by atoms with van der Waals surface area (Å²) in [7, 11) is 0. The Morgan fingerprint density at radius 3 is 2.72 bits per heavy atom. The number of nitrogens with one attached hydrogen (secondary N) is 1. The molecule has 2 aliphatic rings. The van der Waals surface area contributed by atoms with Gasteiger partial charge in [-0.1, -0.05) is 12.1 Å². The van der Waals surface area contributed by atoms with Crippen LogP contribution in [0.4, 0.5) is 5.69 Å². The van der Waals surface area contributed by atoms with Gasteiger partial charge in [-0.2, -0.15) is 0 Å². The van der Waals surface area contributed by atoms with E-state index in [4.69, 9.17) is 14.7 Å². The summed E-state index contributed by atoms with van der Waals surface area (Å²) in [4.78, 5) is 28.8. The van der Waals surface area contributed by atoms with E-state index in [2.05, 4.69) is 52.0 Å². The van der Waals surface area contributed by atoms with E-state index in [9.17, 15) is 9.90 Å². The molecule has 1 atom stereocenters. The number of nitrogens with zero attached hydrogens (tertiary/aromatic N) is 4. The fourth-order valence-corrected chi connectivity index (χ4v) is 4.72. The van der Waals surface area contributed by atoms with Crippen molar-refractivity contribution in [3.8, 4) is 11.3 Å². The number of fused-ring (bicyclic) bond motifs is 1. The van der Waals surface area contributed by atoms with Crippen molar-refractivity contribution in [2.24, 2.45) is 5.92 Å². The van der Waals surface area contributed by atoms with Crippen molar-refractivity contribution in [3.63, 3.8) is 0 Å². The zero-order chi connectivity index (χ0) is 22.1. The van der Waals surface area contributed by atoms with Gasteiger partial charge in [-0.15, -0.1) is 0 Å². The number of aliphatic carboxylic acids is 1. The third-order valence-corrected chi connectivity index (χ3v) is 6.46. The van der Waals surface area contributed by atoms with Crippen LogP contribution in [0, 0.1) is 12.8 Å². The summed E-state index contributed by atoms with van der Waals surface area (Å²) in [5.74, 6) is -0.167. The van der Waals surface area contributed by atoms with E-state index in [0.717, 1.165) is 79.5 Å². The van der Waals surface area contributed by atoms with Gasteiger partial charge in [0.25, 0.3) is 0 Å². The first-order chi connectivity index (χ1) is 15.6. The van der Waals surface area contributed by atoms with Crippen LogP contribution in [0.2, 0.25) is 0 Å². The minimum Gasteiger partial charge on any atom is -0.481 e. The molecule has 168 valence electrons. The number of morpholine rings is 1. The average Bonchev–Trinajstić information content (AvgIpc) is 3.20. The molecule has 0 amide bonds. The van der Waals surface area contributed by atoms with Crippen LogP contribution >= 0.6 is 0 Å². The second kappa shape index (κ2) is 8.88. The smallest absolute Gasteiger partial charge is 0.307 e. The Morgan fingerprint density at radius 2 is 1.97 bits per heavy atom. The minimum absolute atomic E-state index is 0.291. The third kappa shape index (κ3) is 4.33. The lowest BCUT2D eigenvalue weighted by Gasteiger charge is -2.29. The van der Waals surface area contributed by atoms with Crippen LogP contribution in [0.3, 0.4) is 0 Å². The second-order valence-electron chi connectivity index (χ2n) is 8.76. The molecule has 1 aromatic carbocycles. The minimum atomic E-state index is -0.708. The summed E-state index contributed by atoms with van der Waals surface area (Å²) in [5, 5.41) is 9.33. The van der Waals surface area contributed by atoms with E-state index in [-0.39, 0.29) is 5.92 Å². The maximum atomic E-state index is 11.3. The Bertz CT molecular complexity index is 1100. The molecular weight excluding hydrogens is 406 g/mol. The van der Waals surface area contributed by atoms with Crippen molar-refractivity contribution in [2.75, 3.05) is 44.3 Å². The van der Waals surface area contributed by atoms with Gasteiger partial charge in [0.05, 0.1) is 31.4 Å². The molecule has 2 aliphatic heterocycles. The number of pyridine rings is 1. The molecule has 2 fully saturated rings. The number of carbonyl (C=O) groups is 1. The largest absolute Gasteiger partial charge is 0.481 e. The van der Waals surface area contributed by atoms with Gasteiger partial charge in [0.1, 0.15) is 11.3 Å². The van der Waals surface area contributed by atoms with Gasteiger partial charge >= 0.3 is 5.97 Å². The van der Waals surface area contributed by atoms with E-state index in [1.54, 1.807) is 0 Å². The maximum absolute atomic E-state index is 11.3. The number of aryl methyl sites for hydroxylation is 1. The number of anilines is 1.